The Hall–Kier alpha value is -2.38. The highest BCUT2D eigenvalue weighted by Gasteiger charge is 2.07. The molecule has 0 aliphatic rings. The summed E-state index contributed by atoms with van der Waals surface area (Å²) in [5.41, 5.74) is 4.35. The highest BCUT2D eigenvalue weighted by molar-refractivity contribution is 7.89. The van der Waals surface area contributed by atoms with Gasteiger partial charge in [-0.3, -0.25) is 4.79 Å². The number of nitrogens with two attached hydrogens (primary N) is 1. The van der Waals surface area contributed by atoms with E-state index in [2.05, 4.69) is 16.7 Å². The molecule has 0 heterocycles. The molecule has 2 rings (SSSR count). The summed E-state index contributed by atoms with van der Waals surface area (Å²) in [6, 6.07) is 12.5. The summed E-state index contributed by atoms with van der Waals surface area (Å²) in [4.78, 5) is 12.0. The molecule has 0 radical (unpaired) electrons. The quantitative estimate of drug-likeness (QED) is 0.658. The number of aryl methyl sites for hydroxylation is 2. The Morgan fingerprint density at radius 2 is 1.73 bits per heavy atom. The van der Waals surface area contributed by atoms with Crippen molar-refractivity contribution in [1.29, 1.82) is 0 Å². The van der Waals surface area contributed by atoms with Gasteiger partial charge in [0.05, 0.1) is 4.90 Å². The van der Waals surface area contributed by atoms with Crippen LogP contribution in [-0.4, -0.2) is 27.4 Å². The van der Waals surface area contributed by atoms with Crippen LogP contribution in [-0.2, 0) is 21.2 Å². The fourth-order valence-electron chi connectivity index (χ4n) is 2.60. The minimum Gasteiger partial charge on any atom is -0.384 e. The zero-order valence-electron chi connectivity index (χ0n) is 15.1. The Morgan fingerprint density at radius 1 is 1.04 bits per heavy atom. The molecule has 2 aromatic carbocycles. The van der Waals surface area contributed by atoms with E-state index in [-0.39, 0.29) is 10.8 Å². The van der Waals surface area contributed by atoms with Gasteiger partial charge < -0.3 is 10.6 Å². The van der Waals surface area contributed by atoms with Gasteiger partial charge in [-0.1, -0.05) is 29.8 Å². The average Bonchev–Trinajstić information content (AvgIpc) is 2.56. The maximum Gasteiger partial charge on any atom is 0.238 e. The van der Waals surface area contributed by atoms with Crippen molar-refractivity contribution < 1.29 is 13.2 Å². The van der Waals surface area contributed by atoms with Crippen LogP contribution in [0.1, 0.15) is 23.1 Å². The maximum absolute atomic E-state index is 11.9. The zero-order chi connectivity index (χ0) is 19.2. The normalized spacial score (nSPS) is 11.2. The first kappa shape index (κ1) is 19.9. The predicted molar refractivity (Wildman–Crippen MR) is 104 cm³/mol. The van der Waals surface area contributed by atoms with E-state index < -0.39 is 10.0 Å². The van der Waals surface area contributed by atoms with Crippen LogP contribution in [0.2, 0.25) is 0 Å². The molecule has 0 aliphatic heterocycles. The van der Waals surface area contributed by atoms with Gasteiger partial charge in [-0.2, -0.15) is 0 Å². The summed E-state index contributed by atoms with van der Waals surface area (Å²) in [6.45, 7) is 5.15. The van der Waals surface area contributed by atoms with Crippen molar-refractivity contribution in [2.75, 3.05) is 18.4 Å². The van der Waals surface area contributed by atoms with Crippen molar-refractivity contribution in [1.82, 2.24) is 5.32 Å². The lowest BCUT2D eigenvalue weighted by atomic mass is 10.1. The number of amides is 1. The van der Waals surface area contributed by atoms with Crippen molar-refractivity contribution in [2.24, 2.45) is 5.14 Å². The van der Waals surface area contributed by atoms with Crippen molar-refractivity contribution in [3.05, 3.63) is 59.2 Å². The van der Waals surface area contributed by atoms with Gasteiger partial charge in [-0.05, 0) is 49.6 Å². The molecule has 140 valence electrons. The minimum absolute atomic E-state index is 0.0246. The summed E-state index contributed by atoms with van der Waals surface area (Å²) >= 11 is 0. The number of primary sulfonamides is 1. The zero-order valence-corrected chi connectivity index (χ0v) is 15.9. The Bertz CT molecular complexity index is 862. The second-order valence-electron chi connectivity index (χ2n) is 6.28. The Kier molecular flexibility index (Phi) is 6.76. The SMILES string of the molecule is Cc1ccc(NCCC(=O)NCCc2ccc(S(N)(=O)=O)cc2)c(C)c1. The van der Waals surface area contributed by atoms with Crippen molar-refractivity contribution in [3.63, 3.8) is 0 Å². The standard InChI is InChI=1S/C19H25N3O3S/c1-14-3-8-18(15(2)13-14)21-12-10-19(23)22-11-9-16-4-6-17(7-5-16)26(20,24)25/h3-8,13,21H,9-12H2,1-2H3,(H,22,23)(H2,20,24,25). The molecule has 0 aromatic heterocycles. The minimum atomic E-state index is -3.67. The molecule has 26 heavy (non-hydrogen) atoms. The van der Waals surface area contributed by atoms with Gasteiger partial charge in [-0.25, -0.2) is 13.6 Å². The molecule has 0 spiro atoms. The third kappa shape index (κ3) is 6.16. The maximum atomic E-state index is 11.9. The largest absolute Gasteiger partial charge is 0.384 e. The number of hydrogen-bond acceptors (Lipinski definition) is 4. The number of benzene rings is 2. The van der Waals surface area contributed by atoms with Crippen LogP contribution in [0, 0.1) is 13.8 Å². The van der Waals surface area contributed by atoms with E-state index in [1.165, 1.54) is 17.7 Å². The van der Waals surface area contributed by atoms with E-state index in [1.54, 1.807) is 12.1 Å². The van der Waals surface area contributed by atoms with Crippen LogP contribution in [0.3, 0.4) is 0 Å². The lowest BCUT2D eigenvalue weighted by Crippen LogP contribution is -2.27. The van der Waals surface area contributed by atoms with E-state index in [1.807, 2.05) is 26.0 Å². The number of rotatable bonds is 8. The molecule has 0 atom stereocenters. The molecule has 0 bridgehead atoms. The van der Waals surface area contributed by atoms with Gasteiger partial charge in [0.1, 0.15) is 0 Å². The third-order valence-electron chi connectivity index (χ3n) is 4.04. The number of carbonyl (C=O) groups is 1. The molecule has 0 saturated heterocycles. The molecule has 2 aromatic rings. The fourth-order valence-corrected chi connectivity index (χ4v) is 3.12. The molecule has 0 saturated carbocycles. The number of hydrogen-bond donors (Lipinski definition) is 3. The van der Waals surface area contributed by atoms with Gasteiger partial charge in [0.25, 0.3) is 0 Å². The molecule has 1 amide bonds. The van der Waals surface area contributed by atoms with Crippen LogP contribution >= 0.6 is 0 Å². The van der Waals surface area contributed by atoms with E-state index in [9.17, 15) is 13.2 Å². The first-order valence-corrected chi connectivity index (χ1v) is 10.00. The van der Waals surface area contributed by atoms with Crippen LogP contribution in [0.4, 0.5) is 5.69 Å². The molecule has 4 N–H and O–H groups in total. The van der Waals surface area contributed by atoms with Crippen molar-refractivity contribution >= 4 is 21.6 Å². The Balaban J connectivity index is 1.70. The van der Waals surface area contributed by atoms with Crippen LogP contribution < -0.4 is 15.8 Å². The van der Waals surface area contributed by atoms with Crippen LogP contribution in [0.5, 0.6) is 0 Å². The molecular formula is C19H25N3O3S. The van der Waals surface area contributed by atoms with Gasteiger partial charge in [-0.15, -0.1) is 0 Å². The lowest BCUT2D eigenvalue weighted by molar-refractivity contribution is -0.120. The van der Waals surface area contributed by atoms with Crippen molar-refractivity contribution in [2.45, 2.75) is 31.6 Å². The van der Waals surface area contributed by atoms with Gasteiger partial charge in [0, 0.05) is 25.2 Å². The second kappa shape index (κ2) is 8.82. The molecule has 7 heteroatoms. The van der Waals surface area contributed by atoms with E-state index in [0.29, 0.717) is 25.9 Å². The molecule has 0 fully saturated rings. The summed E-state index contributed by atoms with van der Waals surface area (Å²) in [5.74, 6) is -0.0246. The average molecular weight is 375 g/mol. The smallest absolute Gasteiger partial charge is 0.238 e. The first-order valence-electron chi connectivity index (χ1n) is 8.45. The topological polar surface area (TPSA) is 101 Å². The molecular weight excluding hydrogens is 350 g/mol. The summed E-state index contributed by atoms with van der Waals surface area (Å²) in [7, 11) is -3.67. The lowest BCUT2D eigenvalue weighted by Gasteiger charge is -2.10. The fraction of sp³-hybridized carbons (Fsp3) is 0.316. The van der Waals surface area contributed by atoms with E-state index >= 15 is 0 Å². The summed E-state index contributed by atoms with van der Waals surface area (Å²) < 4.78 is 22.4. The number of carbonyl (C=O) groups excluding carboxylic acids is 1. The number of anilines is 1. The van der Waals surface area contributed by atoms with Crippen LogP contribution in [0.15, 0.2) is 47.4 Å². The third-order valence-corrected chi connectivity index (χ3v) is 4.97. The van der Waals surface area contributed by atoms with Gasteiger partial charge >= 0.3 is 0 Å². The first-order chi connectivity index (χ1) is 12.3. The highest BCUT2D eigenvalue weighted by atomic mass is 32.2. The molecule has 0 aliphatic carbocycles. The monoisotopic (exact) mass is 375 g/mol. The summed E-state index contributed by atoms with van der Waals surface area (Å²) in [5, 5.41) is 11.2. The Labute approximate surface area is 154 Å². The molecule has 0 unspecified atom stereocenters. The van der Waals surface area contributed by atoms with Gasteiger partial charge in [0.15, 0.2) is 0 Å². The second-order valence-corrected chi connectivity index (χ2v) is 7.85. The van der Waals surface area contributed by atoms with Gasteiger partial charge in [0.2, 0.25) is 15.9 Å². The van der Waals surface area contributed by atoms with Crippen LogP contribution in [0.25, 0.3) is 0 Å². The molecule has 6 nitrogen and oxygen atoms in total. The predicted octanol–water partition coefficient (Wildman–Crippen LogP) is 2.11. The number of nitrogens with one attached hydrogen (secondary N) is 2. The van der Waals surface area contributed by atoms with Crippen molar-refractivity contribution in [3.8, 4) is 0 Å². The highest BCUT2D eigenvalue weighted by Crippen LogP contribution is 2.15. The van der Waals surface area contributed by atoms with E-state index in [4.69, 9.17) is 5.14 Å². The summed E-state index contributed by atoms with van der Waals surface area (Å²) in [6.07, 6.45) is 1.01. The number of sulfonamides is 1. The van der Waals surface area contributed by atoms with E-state index in [0.717, 1.165) is 16.8 Å². The Morgan fingerprint density at radius 3 is 2.35 bits per heavy atom.